The van der Waals surface area contributed by atoms with E-state index in [9.17, 15) is 0 Å². The molecule has 2 N–H and O–H groups in total. The van der Waals surface area contributed by atoms with Crippen LogP contribution in [0.4, 0.5) is 5.95 Å². The topological polar surface area (TPSA) is 66.0 Å². The average Bonchev–Trinajstić information content (AvgIpc) is 2.81. The third kappa shape index (κ3) is 2.30. The number of hydrogen-bond donors (Lipinski definition) is 1. The first kappa shape index (κ1) is 12.5. The number of pyridine rings is 1. The first-order valence-electron chi connectivity index (χ1n) is 6.46. The third-order valence-electron chi connectivity index (χ3n) is 3.34. The Kier molecular flexibility index (Phi) is 3.25. The van der Waals surface area contributed by atoms with Crippen LogP contribution in [-0.4, -0.2) is 21.6 Å². The molecule has 102 valence electrons. The minimum Gasteiger partial charge on any atom is -0.497 e. The first-order chi connectivity index (χ1) is 9.78. The highest BCUT2D eigenvalue weighted by molar-refractivity contribution is 5.77. The van der Waals surface area contributed by atoms with Gasteiger partial charge in [-0.25, -0.2) is 4.98 Å². The first-order valence-corrected chi connectivity index (χ1v) is 6.46. The monoisotopic (exact) mass is 268 g/mol. The van der Waals surface area contributed by atoms with Crippen molar-refractivity contribution >= 4 is 17.0 Å². The van der Waals surface area contributed by atoms with Crippen LogP contribution < -0.4 is 10.5 Å². The van der Waals surface area contributed by atoms with Gasteiger partial charge in [0.2, 0.25) is 5.95 Å². The average molecular weight is 268 g/mol. The lowest BCUT2D eigenvalue weighted by atomic mass is 10.1. The van der Waals surface area contributed by atoms with Crippen LogP contribution in [0.3, 0.4) is 0 Å². The second-order valence-electron chi connectivity index (χ2n) is 4.59. The number of hydrogen-bond acceptors (Lipinski definition) is 4. The van der Waals surface area contributed by atoms with Crippen LogP contribution in [0.25, 0.3) is 11.0 Å². The van der Waals surface area contributed by atoms with Gasteiger partial charge in [-0.05, 0) is 30.2 Å². The Balaban J connectivity index is 1.84. The zero-order chi connectivity index (χ0) is 13.9. The summed E-state index contributed by atoms with van der Waals surface area (Å²) in [6.07, 6.45) is 4.36. The molecule has 5 nitrogen and oxygen atoms in total. The predicted octanol–water partition coefficient (Wildman–Crippen LogP) is 2.26. The summed E-state index contributed by atoms with van der Waals surface area (Å²) in [5.74, 6) is 1.39. The van der Waals surface area contributed by atoms with E-state index in [0.29, 0.717) is 5.95 Å². The van der Waals surface area contributed by atoms with E-state index < -0.39 is 0 Å². The molecule has 0 radical (unpaired) electrons. The molecule has 0 atom stereocenters. The predicted molar refractivity (Wildman–Crippen MR) is 78.6 cm³/mol. The van der Waals surface area contributed by atoms with Gasteiger partial charge in [-0.1, -0.05) is 12.1 Å². The van der Waals surface area contributed by atoms with Gasteiger partial charge in [0.1, 0.15) is 11.3 Å². The zero-order valence-corrected chi connectivity index (χ0v) is 11.3. The van der Waals surface area contributed by atoms with Crippen LogP contribution >= 0.6 is 0 Å². The van der Waals surface area contributed by atoms with Gasteiger partial charge in [-0.3, -0.25) is 4.98 Å². The number of nitrogens with two attached hydrogens (primary N) is 1. The van der Waals surface area contributed by atoms with Crippen LogP contribution in [0.1, 0.15) is 5.56 Å². The number of rotatable bonds is 4. The van der Waals surface area contributed by atoms with E-state index in [1.807, 2.05) is 28.8 Å². The number of fused-ring (bicyclic) bond motifs is 1. The molecule has 20 heavy (non-hydrogen) atoms. The van der Waals surface area contributed by atoms with Crippen LogP contribution in [0.5, 0.6) is 5.75 Å². The van der Waals surface area contributed by atoms with Gasteiger partial charge in [-0.15, -0.1) is 0 Å². The summed E-state index contributed by atoms with van der Waals surface area (Å²) < 4.78 is 7.24. The lowest BCUT2D eigenvalue weighted by Crippen LogP contribution is -2.05. The van der Waals surface area contributed by atoms with E-state index in [0.717, 1.165) is 29.7 Å². The number of nitrogens with zero attached hydrogens (tertiary/aromatic N) is 3. The van der Waals surface area contributed by atoms with Crippen LogP contribution in [0.15, 0.2) is 42.7 Å². The summed E-state index contributed by atoms with van der Waals surface area (Å²) in [6.45, 7) is 0.777. The lowest BCUT2D eigenvalue weighted by Gasteiger charge is -2.07. The Bertz CT molecular complexity index is 736. The fourth-order valence-electron chi connectivity index (χ4n) is 2.30. The molecule has 5 heteroatoms. The van der Waals surface area contributed by atoms with E-state index in [1.165, 1.54) is 5.56 Å². The van der Waals surface area contributed by atoms with E-state index in [1.54, 1.807) is 19.5 Å². The Morgan fingerprint density at radius 2 is 2.20 bits per heavy atom. The van der Waals surface area contributed by atoms with Gasteiger partial charge in [0.05, 0.1) is 18.8 Å². The van der Waals surface area contributed by atoms with Crippen molar-refractivity contribution < 1.29 is 4.74 Å². The largest absolute Gasteiger partial charge is 0.497 e. The van der Waals surface area contributed by atoms with Crippen molar-refractivity contribution in [2.45, 2.75) is 13.0 Å². The molecule has 3 aromatic rings. The minimum absolute atomic E-state index is 0.524. The van der Waals surface area contributed by atoms with Gasteiger partial charge in [-0.2, -0.15) is 0 Å². The Hall–Kier alpha value is -2.56. The highest BCUT2D eigenvalue weighted by atomic mass is 16.5. The molecule has 1 aromatic carbocycles. The lowest BCUT2D eigenvalue weighted by molar-refractivity contribution is 0.414. The summed E-state index contributed by atoms with van der Waals surface area (Å²) in [5.41, 5.74) is 9.02. The Morgan fingerprint density at radius 3 is 3.05 bits per heavy atom. The van der Waals surface area contributed by atoms with Crippen molar-refractivity contribution in [3.63, 3.8) is 0 Å². The van der Waals surface area contributed by atoms with Crippen molar-refractivity contribution in [1.29, 1.82) is 0 Å². The number of imidazole rings is 1. The number of nitrogen functional groups attached to an aromatic ring is 1. The highest BCUT2D eigenvalue weighted by Gasteiger charge is 2.07. The molecule has 0 saturated carbocycles. The number of aryl methyl sites for hydroxylation is 2. The number of ether oxygens (including phenoxy) is 1. The van der Waals surface area contributed by atoms with Crippen LogP contribution in [0.2, 0.25) is 0 Å². The van der Waals surface area contributed by atoms with Gasteiger partial charge < -0.3 is 15.0 Å². The summed E-state index contributed by atoms with van der Waals surface area (Å²) >= 11 is 0. The van der Waals surface area contributed by atoms with E-state index in [4.69, 9.17) is 10.5 Å². The van der Waals surface area contributed by atoms with Gasteiger partial charge in [0.15, 0.2) is 0 Å². The molecule has 2 aromatic heterocycles. The fraction of sp³-hybridized carbons (Fsp3) is 0.200. The standard InChI is InChI=1S/C15H16N4O/c1-20-12-4-2-3-11(9-12)6-8-19-14-5-7-17-10-13(14)18-15(19)16/h2-5,7,9-10H,6,8H2,1H3,(H2,16,18). The summed E-state index contributed by atoms with van der Waals surface area (Å²) in [6, 6.07) is 9.99. The molecule has 0 unspecified atom stereocenters. The number of anilines is 1. The number of methoxy groups -OCH3 is 1. The Labute approximate surface area is 117 Å². The molecule has 0 amide bonds. The van der Waals surface area contributed by atoms with E-state index in [-0.39, 0.29) is 0 Å². The maximum Gasteiger partial charge on any atom is 0.201 e. The van der Waals surface area contributed by atoms with E-state index >= 15 is 0 Å². The quantitative estimate of drug-likeness (QED) is 0.788. The molecule has 0 bridgehead atoms. The smallest absolute Gasteiger partial charge is 0.201 e. The van der Waals surface area contributed by atoms with Crippen molar-refractivity contribution in [2.75, 3.05) is 12.8 Å². The maximum atomic E-state index is 5.97. The molecule has 3 rings (SSSR count). The maximum absolute atomic E-state index is 5.97. The molecule has 0 aliphatic rings. The molecule has 2 heterocycles. The van der Waals surface area contributed by atoms with Crippen LogP contribution in [-0.2, 0) is 13.0 Å². The molecule has 0 aliphatic heterocycles. The SMILES string of the molecule is COc1cccc(CCn2c(N)nc3cnccc32)c1. The molecular weight excluding hydrogens is 252 g/mol. The molecule has 0 fully saturated rings. The fourth-order valence-corrected chi connectivity index (χ4v) is 2.30. The summed E-state index contributed by atoms with van der Waals surface area (Å²) in [4.78, 5) is 8.37. The van der Waals surface area contributed by atoms with Gasteiger partial charge in [0, 0.05) is 12.7 Å². The summed E-state index contributed by atoms with van der Waals surface area (Å²) in [7, 11) is 1.67. The minimum atomic E-state index is 0.524. The van der Waals surface area contributed by atoms with Gasteiger partial charge >= 0.3 is 0 Å². The third-order valence-corrected chi connectivity index (χ3v) is 3.34. The normalized spacial score (nSPS) is 10.8. The van der Waals surface area contributed by atoms with Crippen molar-refractivity contribution in [2.24, 2.45) is 0 Å². The van der Waals surface area contributed by atoms with Crippen molar-refractivity contribution in [3.8, 4) is 5.75 Å². The molecule has 0 aliphatic carbocycles. The van der Waals surface area contributed by atoms with Gasteiger partial charge in [0.25, 0.3) is 0 Å². The number of aromatic nitrogens is 3. The van der Waals surface area contributed by atoms with Crippen molar-refractivity contribution in [3.05, 3.63) is 48.3 Å². The second-order valence-corrected chi connectivity index (χ2v) is 4.59. The second kappa shape index (κ2) is 5.21. The number of benzene rings is 1. The molecule has 0 saturated heterocycles. The van der Waals surface area contributed by atoms with Crippen LogP contribution in [0, 0.1) is 0 Å². The van der Waals surface area contributed by atoms with Crippen molar-refractivity contribution in [1.82, 2.24) is 14.5 Å². The molecule has 0 spiro atoms. The molecular formula is C15H16N4O. The van der Waals surface area contributed by atoms with E-state index in [2.05, 4.69) is 16.0 Å². The zero-order valence-electron chi connectivity index (χ0n) is 11.3. The Morgan fingerprint density at radius 1 is 1.30 bits per heavy atom. The summed E-state index contributed by atoms with van der Waals surface area (Å²) in [5, 5.41) is 0. The highest BCUT2D eigenvalue weighted by Crippen LogP contribution is 2.18.